The van der Waals surface area contributed by atoms with Gasteiger partial charge in [0.1, 0.15) is 5.82 Å². The van der Waals surface area contributed by atoms with E-state index in [9.17, 15) is 0 Å². The van der Waals surface area contributed by atoms with Crippen molar-refractivity contribution in [2.45, 2.75) is 62.3 Å². The summed E-state index contributed by atoms with van der Waals surface area (Å²) in [6, 6.07) is 20.6. The molecule has 0 atom stereocenters. The molecule has 2 heterocycles. The Morgan fingerprint density at radius 2 is 1.27 bits per heavy atom. The second-order valence-corrected chi connectivity index (χ2v) is 10.2. The van der Waals surface area contributed by atoms with Crippen LogP contribution in [0.1, 0.15) is 50.1 Å². The number of rotatable bonds is 3. The summed E-state index contributed by atoms with van der Waals surface area (Å²) in [6.07, 6.45) is 1.80. The van der Waals surface area contributed by atoms with Crippen molar-refractivity contribution in [2.24, 2.45) is 0 Å². The molecule has 0 unspecified atom stereocenters. The third kappa shape index (κ3) is 6.57. The van der Waals surface area contributed by atoms with Gasteiger partial charge in [0.25, 0.3) is 0 Å². The van der Waals surface area contributed by atoms with Gasteiger partial charge in [0.2, 0.25) is 5.82 Å². The van der Waals surface area contributed by atoms with E-state index in [1.165, 1.54) is 38.9 Å². The summed E-state index contributed by atoms with van der Waals surface area (Å²) in [6.45, 7) is 18.9. The molecule has 40 heavy (non-hydrogen) atoms. The number of benzene rings is 3. The molecule has 0 aliphatic rings. The van der Waals surface area contributed by atoms with E-state index in [1.54, 1.807) is 6.20 Å². The van der Waals surface area contributed by atoms with Crippen LogP contribution in [0.2, 0.25) is 0 Å². The number of aromatic nitrogens is 5. The first-order chi connectivity index (χ1) is 18.6. The fourth-order valence-corrected chi connectivity index (χ4v) is 4.48. The fourth-order valence-electron chi connectivity index (χ4n) is 4.48. The van der Waals surface area contributed by atoms with E-state index in [-0.39, 0.29) is 20.1 Å². The molecule has 0 fully saturated rings. The summed E-state index contributed by atoms with van der Waals surface area (Å²) in [5.74, 6) is 1.09. The van der Waals surface area contributed by atoms with Crippen LogP contribution in [0.5, 0.6) is 0 Å². The fraction of sp³-hybridized carbons (Fsp3) is 0.265. The third-order valence-electron chi connectivity index (χ3n) is 7.70. The van der Waals surface area contributed by atoms with Gasteiger partial charge >= 0.3 is 0 Å². The molecule has 0 amide bonds. The first kappa shape index (κ1) is 30.9. The SMILES string of the molecule is Cc1[c-]c(-c2nnc(-c3cc(C)c(C)c(C)c3C)nn2)c(C)c(C)c1C.Cc1cc[c-]c(-c2ccccn2)c1.[Ir]. The van der Waals surface area contributed by atoms with Gasteiger partial charge in [-0.15, -0.1) is 73.9 Å². The molecular formula is C34H35IrN5-2. The van der Waals surface area contributed by atoms with Gasteiger partial charge in [0.15, 0.2) is 0 Å². The summed E-state index contributed by atoms with van der Waals surface area (Å²) in [5, 5.41) is 17.5. The quantitative estimate of drug-likeness (QED) is 0.180. The zero-order valence-electron chi connectivity index (χ0n) is 24.7. The molecule has 5 nitrogen and oxygen atoms in total. The van der Waals surface area contributed by atoms with E-state index in [4.69, 9.17) is 0 Å². The van der Waals surface area contributed by atoms with E-state index in [1.807, 2.05) is 30.3 Å². The topological polar surface area (TPSA) is 64.5 Å². The van der Waals surface area contributed by atoms with Crippen LogP contribution in [0.15, 0.2) is 48.7 Å². The molecule has 0 bridgehead atoms. The van der Waals surface area contributed by atoms with E-state index in [0.717, 1.165) is 33.5 Å². The maximum atomic E-state index is 4.38. The van der Waals surface area contributed by atoms with Crippen molar-refractivity contribution in [1.82, 2.24) is 25.4 Å². The van der Waals surface area contributed by atoms with Crippen molar-refractivity contribution in [3.05, 3.63) is 111 Å². The van der Waals surface area contributed by atoms with Gasteiger partial charge in [-0.1, -0.05) is 52.3 Å². The molecule has 2 aromatic heterocycles. The first-order valence-electron chi connectivity index (χ1n) is 13.1. The Kier molecular flexibility index (Phi) is 10.2. The molecule has 5 aromatic rings. The molecule has 0 aliphatic carbocycles. The average molecular weight is 706 g/mol. The van der Waals surface area contributed by atoms with Crippen molar-refractivity contribution in [1.29, 1.82) is 0 Å². The number of hydrogen-bond donors (Lipinski definition) is 0. The minimum Gasteiger partial charge on any atom is -0.305 e. The van der Waals surface area contributed by atoms with E-state index >= 15 is 0 Å². The molecule has 0 saturated heterocycles. The summed E-state index contributed by atoms with van der Waals surface area (Å²) >= 11 is 0. The van der Waals surface area contributed by atoms with Crippen LogP contribution in [0, 0.1) is 74.4 Å². The van der Waals surface area contributed by atoms with Crippen LogP contribution >= 0.6 is 0 Å². The largest absolute Gasteiger partial charge is 0.305 e. The van der Waals surface area contributed by atoms with Gasteiger partial charge in [-0.25, -0.2) is 0 Å². The normalized spacial score (nSPS) is 10.4. The zero-order valence-corrected chi connectivity index (χ0v) is 27.1. The second-order valence-electron chi connectivity index (χ2n) is 10.2. The molecular weight excluding hydrogens is 671 g/mol. The van der Waals surface area contributed by atoms with Crippen LogP contribution in [0.3, 0.4) is 0 Å². The summed E-state index contributed by atoms with van der Waals surface area (Å²) < 4.78 is 0. The van der Waals surface area contributed by atoms with Gasteiger partial charge in [-0.3, -0.25) is 0 Å². The minimum atomic E-state index is 0. The Morgan fingerprint density at radius 1 is 0.625 bits per heavy atom. The van der Waals surface area contributed by atoms with Crippen LogP contribution in [-0.2, 0) is 20.1 Å². The number of aryl methyl sites for hydroxylation is 3. The zero-order chi connectivity index (χ0) is 28.3. The maximum Gasteiger partial charge on any atom is 0.202 e. The number of nitrogens with zero attached hydrogens (tertiary/aromatic N) is 5. The number of hydrogen-bond acceptors (Lipinski definition) is 5. The molecule has 207 valence electrons. The van der Waals surface area contributed by atoms with Crippen LogP contribution in [0.4, 0.5) is 0 Å². The Balaban J connectivity index is 0.000000264. The Labute approximate surface area is 251 Å². The van der Waals surface area contributed by atoms with Gasteiger partial charge < -0.3 is 4.98 Å². The van der Waals surface area contributed by atoms with Crippen LogP contribution < -0.4 is 0 Å². The standard InChI is InChI=1S/C22H25N4.C12H10N.Ir/c1-11-9-19(17(7)15(5)13(11)3)21-23-25-22(26-24-21)20-10-12(2)14(4)16(6)18(20)8;1-10-5-4-6-11(9-10)12-7-2-3-8-13-12;/h9H,1-8H3;2-5,7-9H,1H3;/q2*-1;. The molecule has 0 N–H and O–H groups in total. The van der Waals surface area contributed by atoms with Gasteiger partial charge in [-0.2, -0.15) is 10.2 Å². The van der Waals surface area contributed by atoms with Crippen molar-refractivity contribution < 1.29 is 20.1 Å². The molecule has 6 heteroatoms. The van der Waals surface area contributed by atoms with Crippen LogP contribution in [0.25, 0.3) is 34.0 Å². The molecule has 3 aromatic carbocycles. The van der Waals surface area contributed by atoms with Gasteiger partial charge in [-0.05, 0) is 67.8 Å². The van der Waals surface area contributed by atoms with Crippen molar-refractivity contribution >= 4 is 0 Å². The first-order valence-corrected chi connectivity index (χ1v) is 13.1. The Bertz CT molecular complexity index is 1550. The predicted molar refractivity (Wildman–Crippen MR) is 158 cm³/mol. The molecule has 0 spiro atoms. The molecule has 1 radical (unpaired) electrons. The van der Waals surface area contributed by atoms with Gasteiger partial charge in [0, 0.05) is 31.9 Å². The predicted octanol–water partition coefficient (Wildman–Crippen LogP) is 7.72. The van der Waals surface area contributed by atoms with Crippen molar-refractivity contribution in [2.75, 3.05) is 0 Å². The molecule has 5 rings (SSSR count). The Morgan fingerprint density at radius 3 is 1.90 bits per heavy atom. The third-order valence-corrected chi connectivity index (χ3v) is 7.70. The summed E-state index contributed by atoms with van der Waals surface area (Å²) in [5.41, 5.74) is 14.8. The van der Waals surface area contributed by atoms with Crippen LogP contribution in [-0.4, -0.2) is 25.4 Å². The van der Waals surface area contributed by atoms with Crippen molar-refractivity contribution in [3.63, 3.8) is 0 Å². The molecule has 0 aliphatic heterocycles. The maximum absolute atomic E-state index is 4.38. The summed E-state index contributed by atoms with van der Waals surface area (Å²) in [7, 11) is 0. The Hall–Kier alpha value is -3.60. The van der Waals surface area contributed by atoms with E-state index in [0.29, 0.717) is 11.6 Å². The number of pyridine rings is 1. The monoisotopic (exact) mass is 706 g/mol. The van der Waals surface area contributed by atoms with Gasteiger partial charge in [0.05, 0.1) is 0 Å². The van der Waals surface area contributed by atoms with E-state index < -0.39 is 0 Å². The van der Waals surface area contributed by atoms with Crippen molar-refractivity contribution in [3.8, 4) is 34.0 Å². The molecule has 0 saturated carbocycles. The minimum absolute atomic E-state index is 0. The summed E-state index contributed by atoms with van der Waals surface area (Å²) in [4.78, 5) is 4.26. The second kappa shape index (κ2) is 13.2. The average Bonchev–Trinajstić information content (AvgIpc) is 2.95. The smallest absolute Gasteiger partial charge is 0.202 e. The van der Waals surface area contributed by atoms with E-state index in [2.05, 4.69) is 112 Å².